The van der Waals surface area contributed by atoms with E-state index in [1.165, 1.54) is 27.8 Å². The van der Waals surface area contributed by atoms with E-state index in [1.54, 1.807) is 21.3 Å². The van der Waals surface area contributed by atoms with Crippen LogP contribution in [0, 0.1) is 0 Å². The Morgan fingerprint density at radius 2 is 1.28 bits per heavy atom. The average Bonchev–Trinajstić information content (AvgIpc) is 3.12. The zero-order valence-electron chi connectivity index (χ0n) is 21.7. The Bertz CT molecular complexity index is 1370. The van der Waals surface area contributed by atoms with Crippen LogP contribution in [0.25, 0.3) is 22.3 Å². The highest BCUT2D eigenvalue weighted by atomic mass is 16.5. The number of fused-ring (bicyclic) bond motifs is 3. The molecule has 5 rings (SSSR count). The van der Waals surface area contributed by atoms with E-state index in [9.17, 15) is 5.11 Å². The maximum atomic E-state index is 10.6. The van der Waals surface area contributed by atoms with Crippen LogP contribution in [0.4, 0.5) is 0 Å². The van der Waals surface area contributed by atoms with Crippen molar-refractivity contribution in [3.63, 3.8) is 0 Å². The Morgan fingerprint density at radius 1 is 0.722 bits per heavy atom. The molecule has 1 N–H and O–H groups in total. The maximum Gasteiger partial charge on any atom is 0.330 e. The summed E-state index contributed by atoms with van der Waals surface area (Å²) in [7, 11) is 7.78. The fraction of sp³-hybridized carbons (Fsp3) is 0.250. The molecule has 0 unspecified atom stereocenters. The number of hydrogen-bond acceptors (Lipinski definition) is 2. The van der Waals surface area contributed by atoms with Crippen LogP contribution in [0.5, 0.6) is 0 Å². The van der Waals surface area contributed by atoms with Gasteiger partial charge in [-0.05, 0) is 73.6 Å². The van der Waals surface area contributed by atoms with Gasteiger partial charge in [0, 0.05) is 5.41 Å². The minimum Gasteiger partial charge on any atom is -0.427 e. The van der Waals surface area contributed by atoms with E-state index in [1.807, 2.05) is 26.0 Å². The van der Waals surface area contributed by atoms with Crippen LogP contribution in [-0.4, -0.2) is 31.6 Å². The monoisotopic (exact) mass is 469 g/mol. The van der Waals surface area contributed by atoms with E-state index >= 15 is 0 Å². The normalized spacial score (nSPS) is 14.3. The van der Waals surface area contributed by atoms with Crippen LogP contribution in [0.15, 0.2) is 91.0 Å². The van der Waals surface area contributed by atoms with Crippen LogP contribution in [0.3, 0.4) is 0 Å². The molecule has 4 aromatic rings. The number of aliphatic hydroxyl groups is 1. The topological polar surface area (TPSA) is 29.5 Å². The van der Waals surface area contributed by atoms with Crippen molar-refractivity contribution in [2.45, 2.75) is 51.2 Å². The van der Waals surface area contributed by atoms with E-state index in [4.69, 9.17) is 12.5 Å². The molecule has 1 aliphatic carbocycles. The summed E-state index contributed by atoms with van der Waals surface area (Å²) < 4.78 is 6.14. The van der Waals surface area contributed by atoms with Gasteiger partial charge < -0.3 is 9.76 Å². The van der Waals surface area contributed by atoms with Crippen molar-refractivity contribution in [2.24, 2.45) is 0 Å². The van der Waals surface area contributed by atoms with Gasteiger partial charge in [0.25, 0.3) is 0 Å². The molecule has 0 bridgehead atoms. The Kier molecular flexibility index (Phi) is 6.01. The second kappa shape index (κ2) is 8.80. The molecule has 177 valence electrons. The van der Waals surface area contributed by atoms with Crippen LogP contribution in [0.2, 0.25) is 0 Å². The second-order valence-electron chi connectivity index (χ2n) is 10.9. The van der Waals surface area contributed by atoms with Crippen LogP contribution in [-0.2, 0) is 10.1 Å². The molecule has 0 fully saturated rings. The summed E-state index contributed by atoms with van der Waals surface area (Å²) in [5.41, 5.74) is 8.18. The van der Waals surface area contributed by atoms with Crippen molar-refractivity contribution in [1.29, 1.82) is 0 Å². The number of hydrogen-bond donors (Lipinski definition) is 1. The Hall–Kier alpha value is -3.07. The quantitative estimate of drug-likeness (QED) is 0.389. The third-order valence-electron chi connectivity index (χ3n) is 7.99. The summed E-state index contributed by atoms with van der Waals surface area (Å²) >= 11 is 0. The minimum atomic E-state index is -0.994. The smallest absolute Gasteiger partial charge is 0.330 e. The van der Waals surface area contributed by atoms with Crippen LogP contribution < -0.4 is 10.9 Å². The molecule has 4 aromatic carbocycles. The molecule has 1 aliphatic rings. The molecule has 2 nitrogen and oxygen atoms in total. The zero-order chi connectivity index (χ0) is 25.7. The Balaban J connectivity index is 1.70. The summed E-state index contributed by atoms with van der Waals surface area (Å²) in [6.45, 7) is 9.66. The van der Waals surface area contributed by atoms with Gasteiger partial charge in [-0.15, -0.1) is 0 Å². The lowest BCUT2D eigenvalue weighted by Crippen LogP contribution is -2.49. The first kappa shape index (κ1) is 24.6. The van der Waals surface area contributed by atoms with E-state index in [0.717, 1.165) is 22.1 Å². The molecule has 4 heteroatoms. The Morgan fingerprint density at radius 3 is 1.83 bits per heavy atom. The lowest BCUT2D eigenvalue weighted by molar-refractivity contribution is -0.0893. The molecule has 0 atom stereocenters. The van der Waals surface area contributed by atoms with Gasteiger partial charge in [-0.25, -0.2) is 0 Å². The van der Waals surface area contributed by atoms with E-state index in [-0.39, 0.29) is 5.41 Å². The average molecular weight is 469 g/mol. The third-order valence-corrected chi connectivity index (χ3v) is 7.99. The van der Waals surface area contributed by atoms with Crippen LogP contribution in [0.1, 0.15) is 51.3 Å². The second-order valence-corrected chi connectivity index (χ2v) is 10.9. The van der Waals surface area contributed by atoms with E-state index in [0.29, 0.717) is 0 Å². The predicted molar refractivity (Wildman–Crippen MR) is 152 cm³/mol. The van der Waals surface area contributed by atoms with Gasteiger partial charge >= 0.3 is 7.48 Å². The standard InChI is InChI=1S/C32H31B2O2/c1-30(2,35)31(3,4)36-34-23-18-19-24(21-14-16-22(33)17-15-21)29(20-23)32(5)27-12-8-6-10-25(27)26-11-7-9-13-28(26)32/h6-20,35H,1-5H3. The molecule has 0 saturated carbocycles. The van der Waals surface area contributed by atoms with Gasteiger partial charge in [0.2, 0.25) is 0 Å². The lowest BCUT2D eigenvalue weighted by atomic mass is 9.69. The van der Waals surface area contributed by atoms with Gasteiger partial charge in [0.05, 0.1) is 11.2 Å². The summed E-state index contributed by atoms with van der Waals surface area (Å²) in [5, 5.41) is 10.6. The molecular formula is C32H31B2O2. The van der Waals surface area contributed by atoms with Gasteiger partial charge in [0.15, 0.2) is 0 Å². The molecule has 0 heterocycles. The molecule has 36 heavy (non-hydrogen) atoms. The van der Waals surface area contributed by atoms with Crippen molar-refractivity contribution in [3.05, 3.63) is 108 Å². The lowest BCUT2D eigenvalue weighted by Gasteiger charge is -2.37. The molecular weight excluding hydrogens is 438 g/mol. The van der Waals surface area contributed by atoms with Crippen molar-refractivity contribution in [3.8, 4) is 22.3 Å². The van der Waals surface area contributed by atoms with E-state index in [2.05, 4.69) is 85.8 Å². The first-order valence-corrected chi connectivity index (χ1v) is 12.5. The molecule has 0 aromatic heterocycles. The molecule has 0 saturated heterocycles. The highest BCUT2D eigenvalue weighted by molar-refractivity contribution is 6.47. The van der Waals surface area contributed by atoms with Gasteiger partial charge in [0.1, 0.15) is 7.85 Å². The van der Waals surface area contributed by atoms with Crippen molar-refractivity contribution in [1.82, 2.24) is 0 Å². The summed E-state index contributed by atoms with van der Waals surface area (Å²) in [6, 6.07) is 31.9. The largest absolute Gasteiger partial charge is 0.427 e. The van der Waals surface area contributed by atoms with Crippen molar-refractivity contribution >= 4 is 26.3 Å². The fourth-order valence-electron chi connectivity index (χ4n) is 5.07. The van der Waals surface area contributed by atoms with Crippen molar-refractivity contribution < 1.29 is 9.76 Å². The zero-order valence-corrected chi connectivity index (χ0v) is 21.7. The molecule has 0 aliphatic heterocycles. The summed E-state index contributed by atoms with van der Waals surface area (Å²) in [6.07, 6.45) is 0. The number of benzene rings is 4. The van der Waals surface area contributed by atoms with E-state index < -0.39 is 11.2 Å². The summed E-state index contributed by atoms with van der Waals surface area (Å²) in [5.74, 6) is 0. The molecule has 3 radical (unpaired) electrons. The summed E-state index contributed by atoms with van der Waals surface area (Å²) in [4.78, 5) is 0. The first-order chi connectivity index (χ1) is 17.0. The molecule has 0 amide bonds. The van der Waals surface area contributed by atoms with Gasteiger partial charge in [-0.1, -0.05) is 102 Å². The van der Waals surface area contributed by atoms with Gasteiger partial charge in [-0.2, -0.15) is 0 Å². The predicted octanol–water partition coefficient (Wildman–Crippen LogP) is 5.29. The highest BCUT2D eigenvalue weighted by Gasteiger charge is 2.42. The molecule has 0 spiro atoms. The number of rotatable bonds is 6. The highest BCUT2D eigenvalue weighted by Crippen LogP contribution is 2.53. The van der Waals surface area contributed by atoms with Gasteiger partial charge in [-0.3, -0.25) is 0 Å². The SMILES string of the molecule is [B]c1ccc(-c2ccc([B]OC(C)(C)C(C)(C)O)cc2C2(C)c3ccccc3-c3ccccc32)cc1. The maximum absolute atomic E-state index is 10.6. The van der Waals surface area contributed by atoms with Crippen LogP contribution >= 0.6 is 0 Å². The third kappa shape index (κ3) is 4.03. The van der Waals surface area contributed by atoms with Crippen molar-refractivity contribution in [2.75, 3.05) is 0 Å². The fourth-order valence-corrected chi connectivity index (χ4v) is 5.07. The first-order valence-electron chi connectivity index (χ1n) is 12.5. The minimum absolute atomic E-state index is 0.362. The Labute approximate surface area is 217 Å².